The van der Waals surface area contributed by atoms with Gasteiger partial charge in [0.05, 0.1) is 0 Å². The van der Waals surface area contributed by atoms with Crippen molar-refractivity contribution >= 4 is 11.9 Å². The van der Waals surface area contributed by atoms with Crippen molar-refractivity contribution in [3.05, 3.63) is 28.2 Å². The van der Waals surface area contributed by atoms with Gasteiger partial charge in [-0.2, -0.15) is 5.10 Å². The van der Waals surface area contributed by atoms with E-state index in [-0.39, 0.29) is 29.2 Å². The van der Waals surface area contributed by atoms with Crippen LogP contribution in [0.3, 0.4) is 0 Å². The molecule has 1 aromatic rings. The summed E-state index contributed by atoms with van der Waals surface area (Å²) in [4.78, 5) is 38.7. The van der Waals surface area contributed by atoms with E-state index in [1.54, 1.807) is 9.80 Å². The molecule has 2 heterocycles. The van der Waals surface area contributed by atoms with Crippen molar-refractivity contribution in [2.75, 3.05) is 26.2 Å². The van der Waals surface area contributed by atoms with Gasteiger partial charge in [-0.05, 0) is 32.8 Å². The van der Waals surface area contributed by atoms with Gasteiger partial charge in [-0.25, -0.2) is 9.89 Å². The molecule has 1 saturated heterocycles. The van der Waals surface area contributed by atoms with E-state index >= 15 is 0 Å². The summed E-state index contributed by atoms with van der Waals surface area (Å²) in [5.41, 5.74) is -0.102. The number of hydrogen-bond donors (Lipinski definition) is 2. The average molecular weight is 321 g/mol. The van der Waals surface area contributed by atoms with Crippen LogP contribution in [0.25, 0.3) is 0 Å². The minimum absolute atomic E-state index is 0.0536. The van der Waals surface area contributed by atoms with Crippen LogP contribution < -0.4 is 10.9 Å². The highest BCUT2D eigenvalue weighted by Gasteiger charge is 2.26. The third kappa shape index (κ3) is 4.30. The molecular weight excluding hydrogens is 298 g/mol. The predicted octanol–water partition coefficient (Wildman–Crippen LogP) is 0.426. The van der Waals surface area contributed by atoms with Crippen molar-refractivity contribution in [2.24, 2.45) is 0 Å². The molecule has 8 nitrogen and oxygen atoms in total. The number of likely N-dealkylation sites (tertiary alicyclic amines) is 1. The number of nitrogens with one attached hydrogen (secondary N) is 2. The largest absolute Gasteiger partial charge is 0.337 e. The van der Waals surface area contributed by atoms with Crippen LogP contribution in [-0.4, -0.2) is 64.2 Å². The molecule has 2 N–H and O–H groups in total. The van der Waals surface area contributed by atoms with E-state index in [4.69, 9.17) is 0 Å². The van der Waals surface area contributed by atoms with Crippen LogP contribution in [0.15, 0.2) is 16.9 Å². The smallest absolute Gasteiger partial charge is 0.317 e. The Bertz CT molecular complexity index is 583. The fourth-order valence-corrected chi connectivity index (χ4v) is 2.63. The second kappa shape index (κ2) is 7.75. The molecule has 1 fully saturated rings. The Morgan fingerprint density at radius 2 is 1.96 bits per heavy atom. The lowest BCUT2D eigenvalue weighted by Crippen LogP contribution is -2.50. The molecule has 126 valence electrons. The van der Waals surface area contributed by atoms with E-state index in [0.717, 1.165) is 0 Å². The van der Waals surface area contributed by atoms with Gasteiger partial charge in [-0.3, -0.25) is 9.59 Å². The first-order chi connectivity index (χ1) is 11.0. The zero-order valence-corrected chi connectivity index (χ0v) is 13.5. The first kappa shape index (κ1) is 17.0. The molecule has 0 atom stereocenters. The van der Waals surface area contributed by atoms with E-state index in [9.17, 15) is 14.4 Å². The average Bonchev–Trinajstić information content (AvgIpc) is 2.57. The SMILES string of the molecule is CCN(CC)C(=O)NC1CCN(C(=O)c2ccc(=O)[nH]n2)CC1. The summed E-state index contributed by atoms with van der Waals surface area (Å²) >= 11 is 0. The molecule has 23 heavy (non-hydrogen) atoms. The van der Waals surface area contributed by atoms with E-state index in [1.165, 1.54) is 12.1 Å². The first-order valence-electron chi connectivity index (χ1n) is 7.95. The molecule has 1 aliphatic rings. The van der Waals surface area contributed by atoms with E-state index < -0.39 is 0 Å². The molecule has 0 aliphatic carbocycles. The molecule has 1 aromatic heterocycles. The van der Waals surface area contributed by atoms with Crippen LogP contribution in [0.4, 0.5) is 4.79 Å². The maximum Gasteiger partial charge on any atom is 0.317 e. The van der Waals surface area contributed by atoms with Crippen LogP contribution in [0.1, 0.15) is 37.2 Å². The number of rotatable bonds is 4. The van der Waals surface area contributed by atoms with Crippen LogP contribution in [0, 0.1) is 0 Å². The summed E-state index contributed by atoms with van der Waals surface area (Å²) in [5.74, 6) is -0.199. The molecule has 3 amide bonds. The monoisotopic (exact) mass is 321 g/mol. The van der Waals surface area contributed by atoms with Crippen LogP contribution in [0.5, 0.6) is 0 Å². The lowest BCUT2D eigenvalue weighted by atomic mass is 10.0. The van der Waals surface area contributed by atoms with Crippen molar-refractivity contribution in [3.63, 3.8) is 0 Å². The number of aromatic amines is 1. The van der Waals surface area contributed by atoms with Crippen LogP contribution in [-0.2, 0) is 0 Å². The van der Waals surface area contributed by atoms with E-state index in [1.807, 2.05) is 13.8 Å². The Hall–Kier alpha value is -2.38. The van der Waals surface area contributed by atoms with Crippen LogP contribution in [0.2, 0.25) is 0 Å². The maximum absolute atomic E-state index is 12.3. The zero-order valence-electron chi connectivity index (χ0n) is 13.5. The van der Waals surface area contributed by atoms with E-state index in [0.29, 0.717) is 39.0 Å². The van der Waals surface area contributed by atoms with Gasteiger partial charge in [-0.15, -0.1) is 0 Å². The normalized spacial score (nSPS) is 15.3. The first-order valence-corrected chi connectivity index (χ1v) is 7.95. The Morgan fingerprint density at radius 3 is 2.48 bits per heavy atom. The lowest BCUT2D eigenvalue weighted by Gasteiger charge is -2.33. The van der Waals surface area contributed by atoms with Crippen molar-refractivity contribution in [3.8, 4) is 0 Å². The minimum Gasteiger partial charge on any atom is -0.337 e. The Balaban J connectivity index is 1.86. The standard InChI is InChI=1S/C15H23N5O3/c1-3-19(4-2)15(23)16-11-7-9-20(10-8-11)14(22)12-5-6-13(21)18-17-12/h5-6,11H,3-4,7-10H2,1-2H3,(H,16,23)(H,18,21). The summed E-state index contributed by atoms with van der Waals surface area (Å²) in [6.45, 7) is 6.36. The van der Waals surface area contributed by atoms with Gasteiger partial charge in [0.1, 0.15) is 5.69 Å². The number of H-pyrrole nitrogens is 1. The number of hydrogen-bond acceptors (Lipinski definition) is 4. The zero-order chi connectivity index (χ0) is 16.8. The van der Waals surface area contributed by atoms with Gasteiger partial charge in [0.15, 0.2) is 0 Å². The second-order valence-electron chi connectivity index (χ2n) is 5.49. The number of carbonyl (C=O) groups excluding carboxylic acids is 2. The highest BCUT2D eigenvalue weighted by atomic mass is 16.2. The fraction of sp³-hybridized carbons (Fsp3) is 0.600. The van der Waals surface area contributed by atoms with Crippen molar-refractivity contribution in [1.82, 2.24) is 25.3 Å². The number of piperidine rings is 1. The molecule has 0 saturated carbocycles. The molecule has 2 rings (SSSR count). The highest BCUT2D eigenvalue weighted by Crippen LogP contribution is 2.13. The minimum atomic E-state index is -0.334. The van der Waals surface area contributed by atoms with Gasteiger partial charge in [0.2, 0.25) is 0 Å². The summed E-state index contributed by atoms with van der Waals surface area (Å²) in [5, 5.41) is 9.04. The number of carbonyl (C=O) groups is 2. The van der Waals surface area contributed by atoms with Gasteiger partial charge in [-0.1, -0.05) is 0 Å². The highest BCUT2D eigenvalue weighted by molar-refractivity contribution is 5.92. The third-order valence-corrected chi connectivity index (χ3v) is 4.06. The van der Waals surface area contributed by atoms with Crippen molar-refractivity contribution < 1.29 is 9.59 Å². The Kier molecular flexibility index (Phi) is 5.72. The van der Waals surface area contributed by atoms with Gasteiger partial charge >= 0.3 is 6.03 Å². The summed E-state index contributed by atoms with van der Waals surface area (Å²) < 4.78 is 0. The van der Waals surface area contributed by atoms with E-state index in [2.05, 4.69) is 15.5 Å². The van der Waals surface area contributed by atoms with Gasteiger partial charge in [0, 0.05) is 38.3 Å². The predicted molar refractivity (Wildman–Crippen MR) is 85.2 cm³/mol. The number of nitrogens with zero attached hydrogens (tertiary/aromatic N) is 3. The third-order valence-electron chi connectivity index (χ3n) is 4.06. The summed E-state index contributed by atoms with van der Waals surface area (Å²) in [6, 6.07) is 2.74. The van der Waals surface area contributed by atoms with Gasteiger partial charge in [0.25, 0.3) is 11.5 Å². The quantitative estimate of drug-likeness (QED) is 0.840. The molecule has 0 radical (unpaired) electrons. The Morgan fingerprint density at radius 1 is 1.30 bits per heavy atom. The molecule has 0 spiro atoms. The molecule has 1 aliphatic heterocycles. The van der Waals surface area contributed by atoms with Gasteiger partial charge < -0.3 is 15.1 Å². The molecule has 0 aromatic carbocycles. The lowest BCUT2D eigenvalue weighted by molar-refractivity contribution is 0.0699. The molecule has 8 heteroatoms. The second-order valence-corrected chi connectivity index (χ2v) is 5.49. The Labute approximate surface area is 134 Å². The molecular formula is C15H23N5O3. The van der Waals surface area contributed by atoms with Crippen LogP contribution >= 0.6 is 0 Å². The van der Waals surface area contributed by atoms with Crippen molar-refractivity contribution in [2.45, 2.75) is 32.7 Å². The number of urea groups is 1. The topological polar surface area (TPSA) is 98.4 Å². The number of aromatic nitrogens is 2. The number of amides is 3. The molecule has 0 bridgehead atoms. The molecule has 0 unspecified atom stereocenters. The van der Waals surface area contributed by atoms with Crippen molar-refractivity contribution in [1.29, 1.82) is 0 Å². The summed E-state index contributed by atoms with van der Waals surface area (Å²) in [6.07, 6.45) is 1.42. The summed E-state index contributed by atoms with van der Waals surface area (Å²) in [7, 11) is 0. The fourth-order valence-electron chi connectivity index (χ4n) is 2.63. The maximum atomic E-state index is 12.3.